The molecule has 0 radical (unpaired) electrons. The van der Waals surface area contributed by atoms with E-state index in [0.29, 0.717) is 17.0 Å². The summed E-state index contributed by atoms with van der Waals surface area (Å²) in [6, 6.07) is 13.8. The van der Waals surface area contributed by atoms with Crippen molar-refractivity contribution >= 4 is 15.9 Å². The molecule has 0 spiro atoms. The van der Waals surface area contributed by atoms with Crippen LogP contribution in [0.5, 0.6) is 5.75 Å². The first kappa shape index (κ1) is 20.0. The van der Waals surface area contributed by atoms with Crippen LogP contribution in [-0.4, -0.2) is 16.7 Å². The van der Waals surface area contributed by atoms with Crippen molar-refractivity contribution in [3.05, 3.63) is 64.9 Å². The molecule has 2 aromatic carbocycles. The minimum absolute atomic E-state index is 0.198. The van der Waals surface area contributed by atoms with Crippen molar-refractivity contribution in [2.75, 3.05) is 7.11 Å². The van der Waals surface area contributed by atoms with Crippen LogP contribution in [0.25, 0.3) is 17.1 Å². The Hall–Kier alpha value is -2.28. The number of methoxy groups -OCH3 is 1. The van der Waals surface area contributed by atoms with Crippen LogP contribution in [0.1, 0.15) is 19.5 Å². The molecule has 0 fully saturated rings. The standard InChI is InChI=1S/C17H12BrF3N2O.C2H6/c1-24-14-9-12(18)7-8-13(14)23-10-15(17(19,20)21)22-16(23)11-5-3-2-4-6-11;1-2/h2-10H,1H3;1-2H3. The SMILES string of the molecule is CC.COc1cc(Br)ccc1-n1cc(C(F)(F)F)nc1-c1ccccc1. The fraction of sp³-hybridized carbons (Fsp3) is 0.211. The van der Waals surface area contributed by atoms with Crippen LogP contribution in [-0.2, 0) is 6.18 Å². The molecule has 0 amide bonds. The predicted octanol–water partition coefficient (Wildman–Crippen LogP) is 6.36. The Balaban J connectivity index is 0.00000117. The van der Waals surface area contributed by atoms with E-state index in [0.717, 1.165) is 10.7 Å². The molecule has 0 atom stereocenters. The van der Waals surface area contributed by atoms with Gasteiger partial charge in [-0.25, -0.2) is 4.98 Å². The second-order valence-electron chi connectivity index (χ2n) is 5.00. The van der Waals surface area contributed by atoms with Gasteiger partial charge in [0.2, 0.25) is 0 Å². The van der Waals surface area contributed by atoms with Crippen LogP contribution in [0.3, 0.4) is 0 Å². The van der Waals surface area contributed by atoms with Crippen molar-refractivity contribution in [3.8, 4) is 22.8 Å². The zero-order chi connectivity index (χ0) is 19.3. The summed E-state index contributed by atoms with van der Waals surface area (Å²) in [6.45, 7) is 4.00. The quantitative estimate of drug-likeness (QED) is 0.487. The predicted molar refractivity (Wildman–Crippen MR) is 99.6 cm³/mol. The molecule has 3 aromatic rings. The summed E-state index contributed by atoms with van der Waals surface area (Å²) >= 11 is 3.33. The van der Waals surface area contributed by atoms with Crippen LogP contribution in [0.2, 0.25) is 0 Å². The number of benzene rings is 2. The lowest BCUT2D eigenvalue weighted by Crippen LogP contribution is -2.05. The van der Waals surface area contributed by atoms with Gasteiger partial charge in [0.05, 0.1) is 12.8 Å². The lowest BCUT2D eigenvalue weighted by molar-refractivity contribution is -0.140. The van der Waals surface area contributed by atoms with Gasteiger partial charge in [-0.2, -0.15) is 13.2 Å². The maximum absolute atomic E-state index is 13.1. The highest BCUT2D eigenvalue weighted by Crippen LogP contribution is 2.35. The van der Waals surface area contributed by atoms with E-state index in [9.17, 15) is 13.2 Å². The van der Waals surface area contributed by atoms with Crippen LogP contribution in [0.15, 0.2) is 59.2 Å². The van der Waals surface area contributed by atoms with Crippen LogP contribution >= 0.6 is 15.9 Å². The Kier molecular flexibility index (Phi) is 6.47. The van der Waals surface area contributed by atoms with Crippen molar-refractivity contribution in [3.63, 3.8) is 0 Å². The normalized spacial score (nSPS) is 10.9. The molecule has 0 aliphatic rings. The van der Waals surface area contributed by atoms with Gasteiger partial charge in [-0.3, -0.25) is 4.57 Å². The molecule has 1 heterocycles. The fourth-order valence-electron chi connectivity index (χ4n) is 2.34. The highest BCUT2D eigenvalue weighted by molar-refractivity contribution is 9.10. The third kappa shape index (κ3) is 4.27. The molecule has 3 rings (SSSR count). The van der Waals surface area contributed by atoms with Gasteiger partial charge in [0.25, 0.3) is 0 Å². The Morgan fingerprint density at radius 1 is 1.04 bits per heavy atom. The summed E-state index contributed by atoms with van der Waals surface area (Å²) < 4.78 is 46.9. The first-order valence-corrected chi connectivity index (χ1v) is 8.75. The molecule has 0 N–H and O–H groups in total. The lowest BCUT2D eigenvalue weighted by atomic mass is 10.2. The molecule has 1 aromatic heterocycles. The molecular weight excluding hydrogens is 409 g/mol. The first-order chi connectivity index (χ1) is 12.4. The topological polar surface area (TPSA) is 27.1 Å². The number of rotatable bonds is 3. The number of halogens is 4. The number of alkyl halides is 3. The maximum Gasteiger partial charge on any atom is 0.434 e. The first-order valence-electron chi connectivity index (χ1n) is 7.96. The van der Waals surface area contributed by atoms with E-state index < -0.39 is 11.9 Å². The molecule has 26 heavy (non-hydrogen) atoms. The van der Waals surface area contributed by atoms with Crippen molar-refractivity contribution in [1.82, 2.24) is 9.55 Å². The summed E-state index contributed by atoms with van der Waals surface area (Å²) in [4.78, 5) is 3.80. The van der Waals surface area contributed by atoms with Gasteiger partial charge in [0.15, 0.2) is 5.69 Å². The van der Waals surface area contributed by atoms with Crippen molar-refractivity contribution in [1.29, 1.82) is 0 Å². The summed E-state index contributed by atoms with van der Waals surface area (Å²) in [7, 11) is 1.47. The highest BCUT2D eigenvalue weighted by Gasteiger charge is 2.35. The summed E-state index contributed by atoms with van der Waals surface area (Å²) in [6.07, 6.45) is -3.55. The van der Waals surface area contributed by atoms with Crippen molar-refractivity contribution < 1.29 is 17.9 Å². The van der Waals surface area contributed by atoms with Crippen LogP contribution < -0.4 is 4.74 Å². The van der Waals surface area contributed by atoms with E-state index in [1.165, 1.54) is 11.7 Å². The molecule has 138 valence electrons. The van der Waals surface area contributed by atoms with Crippen molar-refractivity contribution in [2.24, 2.45) is 0 Å². The van der Waals surface area contributed by atoms with Gasteiger partial charge in [0, 0.05) is 16.2 Å². The number of hydrogen-bond donors (Lipinski definition) is 0. The Morgan fingerprint density at radius 3 is 2.27 bits per heavy atom. The minimum Gasteiger partial charge on any atom is -0.495 e. The lowest BCUT2D eigenvalue weighted by Gasteiger charge is -2.12. The summed E-state index contributed by atoms with van der Waals surface area (Å²) in [5.41, 5.74) is 0.104. The third-order valence-electron chi connectivity index (χ3n) is 3.43. The summed E-state index contributed by atoms with van der Waals surface area (Å²) in [5.74, 6) is 0.635. The molecule has 3 nitrogen and oxygen atoms in total. The van der Waals surface area contributed by atoms with E-state index in [-0.39, 0.29) is 5.82 Å². The Labute approximate surface area is 158 Å². The smallest absolute Gasteiger partial charge is 0.434 e. The largest absolute Gasteiger partial charge is 0.495 e. The average Bonchev–Trinajstić information content (AvgIpc) is 3.09. The van der Waals surface area contributed by atoms with Gasteiger partial charge in [0.1, 0.15) is 11.6 Å². The molecule has 7 heteroatoms. The molecular formula is C19H18BrF3N2O. The number of hydrogen-bond acceptors (Lipinski definition) is 2. The Bertz CT molecular complexity index is 861. The van der Waals surface area contributed by atoms with Gasteiger partial charge in [-0.1, -0.05) is 60.1 Å². The van der Waals surface area contributed by atoms with Gasteiger partial charge in [-0.05, 0) is 18.2 Å². The molecule has 0 saturated carbocycles. The monoisotopic (exact) mass is 426 g/mol. The summed E-state index contributed by atoms with van der Waals surface area (Å²) in [5, 5.41) is 0. The van der Waals surface area contributed by atoms with E-state index in [1.807, 2.05) is 13.8 Å². The van der Waals surface area contributed by atoms with Gasteiger partial charge >= 0.3 is 6.18 Å². The highest BCUT2D eigenvalue weighted by atomic mass is 79.9. The van der Waals surface area contributed by atoms with Crippen LogP contribution in [0.4, 0.5) is 13.2 Å². The number of aromatic nitrogens is 2. The molecule has 0 bridgehead atoms. The number of nitrogens with zero attached hydrogens (tertiary/aromatic N) is 2. The maximum atomic E-state index is 13.1. The average molecular weight is 427 g/mol. The third-order valence-corrected chi connectivity index (χ3v) is 3.92. The van der Waals surface area contributed by atoms with Gasteiger partial charge < -0.3 is 4.74 Å². The fourth-order valence-corrected chi connectivity index (χ4v) is 2.68. The molecule has 0 saturated heterocycles. The van der Waals surface area contributed by atoms with E-state index in [1.54, 1.807) is 48.5 Å². The van der Waals surface area contributed by atoms with Crippen molar-refractivity contribution in [2.45, 2.75) is 20.0 Å². The number of imidazole rings is 1. The van der Waals surface area contributed by atoms with E-state index >= 15 is 0 Å². The van der Waals surface area contributed by atoms with Crippen LogP contribution in [0, 0.1) is 0 Å². The second-order valence-corrected chi connectivity index (χ2v) is 5.92. The van der Waals surface area contributed by atoms with Gasteiger partial charge in [-0.15, -0.1) is 0 Å². The molecule has 0 aliphatic heterocycles. The Morgan fingerprint density at radius 2 is 1.69 bits per heavy atom. The molecule has 0 unspecified atom stereocenters. The zero-order valence-corrected chi connectivity index (χ0v) is 16.1. The molecule has 0 aliphatic carbocycles. The number of ether oxygens (including phenoxy) is 1. The zero-order valence-electron chi connectivity index (χ0n) is 14.5. The van der Waals surface area contributed by atoms with E-state index in [2.05, 4.69) is 20.9 Å². The van der Waals surface area contributed by atoms with E-state index in [4.69, 9.17) is 4.74 Å². The minimum atomic E-state index is -4.53. The second kappa shape index (κ2) is 8.40.